The first kappa shape index (κ1) is 19.9. The lowest BCUT2D eigenvalue weighted by Crippen LogP contribution is -2.29. The van der Waals surface area contributed by atoms with Gasteiger partial charge in [0.05, 0.1) is 23.1 Å². The van der Waals surface area contributed by atoms with Gasteiger partial charge in [-0.25, -0.2) is 4.39 Å². The lowest BCUT2D eigenvalue weighted by Gasteiger charge is -2.13. The van der Waals surface area contributed by atoms with Crippen LogP contribution in [0.2, 0.25) is 0 Å². The Kier molecular flexibility index (Phi) is 5.67. The van der Waals surface area contributed by atoms with Crippen LogP contribution in [0.1, 0.15) is 17.5 Å². The van der Waals surface area contributed by atoms with Crippen molar-refractivity contribution >= 4 is 17.5 Å². The Morgan fingerprint density at radius 3 is 2.32 bits per heavy atom. The Balaban J connectivity index is 1.50. The van der Waals surface area contributed by atoms with Gasteiger partial charge >= 0.3 is 6.18 Å². The highest BCUT2D eigenvalue weighted by Crippen LogP contribution is 2.41. The highest BCUT2D eigenvalue weighted by molar-refractivity contribution is 6.00. The summed E-state index contributed by atoms with van der Waals surface area (Å²) in [7, 11) is 0. The first-order valence-electron chi connectivity index (χ1n) is 8.75. The van der Waals surface area contributed by atoms with Gasteiger partial charge in [0.25, 0.3) is 0 Å². The molecule has 0 radical (unpaired) electrons. The number of para-hydroxylation sites is 1. The molecule has 2 N–H and O–H groups in total. The molecule has 0 heterocycles. The zero-order valence-corrected chi connectivity index (χ0v) is 14.7. The fourth-order valence-electron chi connectivity index (χ4n) is 2.99. The van der Waals surface area contributed by atoms with Gasteiger partial charge in [0.15, 0.2) is 0 Å². The SMILES string of the molecule is O=C(NCCc1ccccc1F)C1CC1C(=O)Nc1ccccc1C(F)(F)F. The molecule has 28 heavy (non-hydrogen) atoms. The fraction of sp³-hybridized carbons (Fsp3) is 0.300. The predicted octanol–water partition coefficient (Wildman–Crippen LogP) is 3.78. The van der Waals surface area contributed by atoms with Crippen LogP contribution >= 0.6 is 0 Å². The lowest BCUT2D eigenvalue weighted by atomic mass is 10.1. The summed E-state index contributed by atoms with van der Waals surface area (Å²) in [6, 6.07) is 10.9. The molecule has 2 amide bonds. The first-order valence-corrected chi connectivity index (χ1v) is 8.75. The van der Waals surface area contributed by atoms with Crippen LogP contribution in [-0.4, -0.2) is 18.4 Å². The van der Waals surface area contributed by atoms with E-state index < -0.39 is 29.5 Å². The van der Waals surface area contributed by atoms with E-state index in [0.29, 0.717) is 12.0 Å². The van der Waals surface area contributed by atoms with Crippen LogP contribution in [0.25, 0.3) is 0 Å². The number of carbonyl (C=O) groups excluding carboxylic acids is 2. The van der Waals surface area contributed by atoms with Crippen molar-refractivity contribution < 1.29 is 27.2 Å². The van der Waals surface area contributed by atoms with Crippen molar-refractivity contribution in [2.75, 3.05) is 11.9 Å². The molecule has 0 aliphatic heterocycles. The Labute approximate surface area is 158 Å². The summed E-state index contributed by atoms with van der Waals surface area (Å²) in [5.74, 6) is -2.59. The van der Waals surface area contributed by atoms with Crippen molar-refractivity contribution in [2.24, 2.45) is 11.8 Å². The molecule has 1 aliphatic carbocycles. The quantitative estimate of drug-likeness (QED) is 0.733. The fourth-order valence-corrected chi connectivity index (χ4v) is 2.99. The van der Waals surface area contributed by atoms with Crippen LogP contribution in [0.5, 0.6) is 0 Å². The minimum atomic E-state index is -4.59. The van der Waals surface area contributed by atoms with Crippen molar-refractivity contribution in [3.05, 3.63) is 65.5 Å². The molecule has 2 aromatic rings. The summed E-state index contributed by atoms with van der Waals surface area (Å²) in [4.78, 5) is 24.3. The van der Waals surface area contributed by atoms with Gasteiger partial charge in [-0.1, -0.05) is 30.3 Å². The molecule has 0 bridgehead atoms. The van der Waals surface area contributed by atoms with Gasteiger partial charge in [-0.3, -0.25) is 9.59 Å². The summed E-state index contributed by atoms with van der Waals surface area (Å²) in [5.41, 5.74) is -0.794. The Morgan fingerprint density at radius 1 is 0.964 bits per heavy atom. The highest BCUT2D eigenvalue weighted by Gasteiger charge is 2.48. The van der Waals surface area contributed by atoms with Gasteiger partial charge in [0, 0.05) is 6.54 Å². The molecule has 2 atom stereocenters. The van der Waals surface area contributed by atoms with E-state index in [-0.39, 0.29) is 30.4 Å². The molecule has 1 saturated carbocycles. The number of hydrogen-bond donors (Lipinski definition) is 2. The third-order valence-electron chi connectivity index (χ3n) is 4.61. The second-order valence-corrected chi connectivity index (χ2v) is 6.61. The number of benzene rings is 2. The zero-order chi connectivity index (χ0) is 20.3. The monoisotopic (exact) mass is 394 g/mol. The second-order valence-electron chi connectivity index (χ2n) is 6.61. The Hall–Kier alpha value is -2.90. The zero-order valence-electron chi connectivity index (χ0n) is 14.7. The van der Waals surface area contributed by atoms with Gasteiger partial charge < -0.3 is 10.6 Å². The van der Waals surface area contributed by atoms with Crippen LogP contribution in [-0.2, 0) is 22.2 Å². The summed E-state index contributed by atoms with van der Waals surface area (Å²) in [5, 5.41) is 4.90. The standard InChI is InChI=1S/C20H18F4N2O2/c21-16-7-3-1-5-12(16)9-10-25-18(27)13-11-14(13)19(28)26-17-8-4-2-6-15(17)20(22,23)24/h1-8,13-14H,9-11H2,(H,25,27)(H,26,28). The molecule has 2 unspecified atom stereocenters. The van der Waals surface area contributed by atoms with Crippen LogP contribution in [0, 0.1) is 17.7 Å². The summed E-state index contributed by atoms with van der Waals surface area (Å²) < 4.78 is 52.5. The second kappa shape index (κ2) is 8.00. The molecule has 2 aromatic carbocycles. The molecule has 148 valence electrons. The lowest BCUT2D eigenvalue weighted by molar-refractivity contribution is -0.137. The smallest absolute Gasteiger partial charge is 0.356 e. The maximum absolute atomic E-state index is 13.5. The molecule has 0 spiro atoms. The van der Waals surface area contributed by atoms with E-state index in [4.69, 9.17) is 0 Å². The van der Waals surface area contributed by atoms with E-state index in [1.807, 2.05) is 0 Å². The molecule has 4 nitrogen and oxygen atoms in total. The largest absolute Gasteiger partial charge is 0.418 e. The number of halogens is 4. The normalized spacial score (nSPS) is 18.4. The number of carbonyl (C=O) groups is 2. The van der Waals surface area contributed by atoms with Crippen molar-refractivity contribution in [1.29, 1.82) is 0 Å². The molecule has 1 fully saturated rings. The van der Waals surface area contributed by atoms with Crippen LogP contribution in [0.4, 0.5) is 23.2 Å². The van der Waals surface area contributed by atoms with Crippen molar-refractivity contribution in [3.63, 3.8) is 0 Å². The third kappa shape index (κ3) is 4.68. The number of hydrogen-bond acceptors (Lipinski definition) is 2. The summed E-state index contributed by atoms with van der Waals surface area (Å²) in [6.07, 6.45) is -4.01. The summed E-state index contributed by atoms with van der Waals surface area (Å²) >= 11 is 0. The average molecular weight is 394 g/mol. The average Bonchev–Trinajstić information content (AvgIpc) is 3.44. The highest BCUT2D eigenvalue weighted by atomic mass is 19.4. The molecular formula is C20H18F4N2O2. The van der Waals surface area contributed by atoms with Gasteiger partial charge in [-0.2, -0.15) is 13.2 Å². The predicted molar refractivity (Wildman–Crippen MR) is 94.8 cm³/mol. The van der Waals surface area contributed by atoms with E-state index in [9.17, 15) is 27.2 Å². The van der Waals surface area contributed by atoms with Crippen molar-refractivity contribution in [1.82, 2.24) is 5.32 Å². The summed E-state index contributed by atoms with van der Waals surface area (Å²) in [6.45, 7) is 0.210. The number of anilines is 1. The molecule has 1 aliphatic rings. The number of nitrogens with one attached hydrogen (secondary N) is 2. The van der Waals surface area contributed by atoms with Gasteiger partial charge in [-0.05, 0) is 36.6 Å². The van der Waals surface area contributed by atoms with Crippen LogP contribution in [0.15, 0.2) is 48.5 Å². The minimum absolute atomic E-state index is 0.210. The van der Waals surface area contributed by atoms with E-state index in [1.54, 1.807) is 18.2 Å². The van der Waals surface area contributed by atoms with Gasteiger partial charge in [0.1, 0.15) is 5.82 Å². The van der Waals surface area contributed by atoms with E-state index in [0.717, 1.165) is 6.07 Å². The van der Waals surface area contributed by atoms with Crippen LogP contribution in [0.3, 0.4) is 0 Å². The van der Waals surface area contributed by atoms with Gasteiger partial charge in [-0.15, -0.1) is 0 Å². The molecular weight excluding hydrogens is 376 g/mol. The third-order valence-corrected chi connectivity index (χ3v) is 4.61. The molecule has 0 saturated heterocycles. The minimum Gasteiger partial charge on any atom is -0.356 e. The van der Waals surface area contributed by atoms with E-state index in [2.05, 4.69) is 10.6 Å². The Morgan fingerprint density at radius 2 is 1.61 bits per heavy atom. The Bertz CT molecular complexity index is 883. The molecule has 8 heteroatoms. The maximum atomic E-state index is 13.5. The van der Waals surface area contributed by atoms with Crippen molar-refractivity contribution in [2.45, 2.75) is 19.0 Å². The maximum Gasteiger partial charge on any atom is 0.418 e. The topological polar surface area (TPSA) is 58.2 Å². The first-order chi connectivity index (χ1) is 13.3. The molecule has 3 rings (SSSR count). The van der Waals surface area contributed by atoms with Crippen LogP contribution < -0.4 is 10.6 Å². The van der Waals surface area contributed by atoms with Gasteiger partial charge in [0.2, 0.25) is 11.8 Å². The van der Waals surface area contributed by atoms with Crippen molar-refractivity contribution in [3.8, 4) is 0 Å². The molecule has 0 aromatic heterocycles. The van der Waals surface area contributed by atoms with E-state index in [1.165, 1.54) is 24.3 Å². The number of amides is 2. The number of rotatable bonds is 6. The van der Waals surface area contributed by atoms with E-state index >= 15 is 0 Å². The number of alkyl halides is 3.